The summed E-state index contributed by atoms with van der Waals surface area (Å²) in [5, 5.41) is 11.6. The van der Waals surface area contributed by atoms with Crippen LogP contribution in [0.5, 0.6) is 5.75 Å². The van der Waals surface area contributed by atoms with E-state index in [0.29, 0.717) is 22.7 Å². The standard InChI is InChI=1S/C19H18ClN3O3S/c1-13-5-4-7-15(9-13)25-11-18-22-23-19(26-18)27-12-17(24)21-10-14-6-2-3-8-16(14)20/h2-9H,10-12H2,1H3,(H,21,24). The summed E-state index contributed by atoms with van der Waals surface area (Å²) in [5.74, 6) is 1.12. The zero-order valence-electron chi connectivity index (χ0n) is 14.6. The minimum absolute atomic E-state index is 0.143. The van der Waals surface area contributed by atoms with Gasteiger partial charge in [-0.1, -0.05) is 53.7 Å². The van der Waals surface area contributed by atoms with Crippen molar-refractivity contribution in [1.29, 1.82) is 0 Å². The third-order valence-corrected chi connectivity index (χ3v) is 4.75. The molecule has 6 nitrogen and oxygen atoms in total. The van der Waals surface area contributed by atoms with E-state index in [1.54, 1.807) is 6.07 Å². The van der Waals surface area contributed by atoms with Gasteiger partial charge < -0.3 is 14.5 Å². The lowest BCUT2D eigenvalue weighted by molar-refractivity contribution is -0.118. The number of benzene rings is 2. The molecule has 0 atom stereocenters. The molecule has 1 aromatic heterocycles. The van der Waals surface area contributed by atoms with Gasteiger partial charge in [-0.3, -0.25) is 4.79 Å². The molecule has 0 aliphatic carbocycles. The molecule has 3 rings (SSSR count). The van der Waals surface area contributed by atoms with Crippen LogP contribution < -0.4 is 10.1 Å². The quantitative estimate of drug-likeness (QED) is 0.572. The van der Waals surface area contributed by atoms with Crippen LogP contribution in [-0.2, 0) is 17.9 Å². The van der Waals surface area contributed by atoms with Crippen LogP contribution in [0, 0.1) is 6.92 Å². The Morgan fingerprint density at radius 1 is 1.22 bits per heavy atom. The minimum atomic E-state index is -0.143. The third kappa shape index (κ3) is 6.01. The molecule has 0 fully saturated rings. The lowest BCUT2D eigenvalue weighted by Crippen LogP contribution is -2.24. The molecule has 3 aromatic rings. The number of carbonyl (C=O) groups excluding carboxylic acids is 1. The Morgan fingerprint density at radius 2 is 2.07 bits per heavy atom. The molecule has 1 N–H and O–H groups in total. The normalized spacial score (nSPS) is 10.6. The van der Waals surface area contributed by atoms with Gasteiger partial charge in [0.1, 0.15) is 5.75 Å². The van der Waals surface area contributed by atoms with E-state index in [-0.39, 0.29) is 18.3 Å². The average molecular weight is 404 g/mol. The summed E-state index contributed by atoms with van der Waals surface area (Å²) in [7, 11) is 0. The smallest absolute Gasteiger partial charge is 0.277 e. The van der Waals surface area contributed by atoms with Crippen molar-refractivity contribution in [2.75, 3.05) is 5.75 Å². The molecule has 0 aliphatic rings. The first-order valence-electron chi connectivity index (χ1n) is 8.25. The molecule has 27 heavy (non-hydrogen) atoms. The molecule has 0 radical (unpaired) electrons. The maximum absolute atomic E-state index is 12.0. The monoisotopic (exact) mass is 403 g/mol. The molecule has 8 heteroatoms. The Morgan fingerprint density at radius 3 is 2.89 bits per heavy atom. The number of hydrogen-bond donors (Lipinski definition) is 1. The highest BCUT2D eigenvalue weighted by Gasteiger charge is 2.11. The van der Waals surface area contributed by atoms with Crippen LogP contribution in [-0.4, -0.2) is 21.9 Å². The number of rotatable bonds is 8. The molecule has 140 valence electrons. The van der Waals surface area contributed by atoms with E-state index in [0.717, 1.165) is 16.9 Å². The maximum atomic E-state index is 12.0. The molecule has 0 unspecified atom stereocenters. The third-order valence-electron chi connectivity index (χ3n) is 3.56. The van der Waals surface area contributed by atoms with Gasteiger partial charge in [0.05, 0.1) is 5.75 Å². The fraction of sp³-hybridized carbons (Fsp3) is 0.211. The van der Waals surface area contributed by atoms with E-state index in [4.69, 9.17) is 20.8 Å². The summed E-state index contributed by atoms with van der Waals surface area (Å²) < 4.78 is 11.1. The molecule has 0 spiro atoms. The van der Waals surface area contributed by atoms with Gasteiger partial charge in [-0.15, -0.1) is 10.2 Å². The van der Waals surface area contributed by atoms with Gasteiger partial charge in [-0.25, -0.2) is 0 Å². The van der Waals surface area contributed by atoms with Gasteiger partial charge in [0.2, 0.25) is 5.91 Å². The molecule has 1 heterocycles. The van der Waals surface area contributed by atoms with Crippen molar-refractivity contribution >= 4 is 29.3 Å². The van der Waals surface area contributed by atoms with Crippen LogP contribution in [0.15, 0.2) is 58.2 Å². The predicted octanol–water partition coefficient (Wildman–Crippen LogP) is 4.02. The van der Waals surface area contributed by atoms with E-state index in [2.05, 4.69) is 15.5 Å². The number of aromatic nitrogens is 2. The van der Waals surface area contributed by atoms with Gasteiger partial charge >= 0.3 is 0 Å². The first-order valence-corrected chi connectivity index (χ1v) is 9.61. The second kappa shape index (κ2) is 9.43. The number of halogens is 1. The summed E-state index contributed by atoms with van der Waals surface area (Å²) in [4.78, 5) is 12.0. The average Bonchev–Trinajstić information content (AvgIpc) is 3.12. The fourth-order valence-electron chi connectivity index (χ4n) is 2.22. The Labute approximate surface area is 166 Å². The van der Waals surface area contributed by atoms with E-state index >= 15 is 0 Å². The number of hydrogen-bond acceptors (Lipinski definition) is 6. The molecule has 0 saturated carbocycles. The summed E-state index contributed by atoms with van der Waals surface area (Å²) >= 11 is 7.24. The van der Waals surface area contributed by atoms with Gasteiger partial charge in [-0.05, 0) is 36.2 Å². The zero-order chi connectivity index (χ0) is 19.1. The SMILES string of the molecule is Cc1cccc(OCc2nnc(SCC(=O)NCc3ccccc3Cl)o2)c1. The number of amides is 1. The number of ether oxygens (including phenoxy) is 1. The molecule has 0 aliphatic heterocycles. The predicted molar refractivity (Wildman–Crippen MR) is 104 cm³/mol. The summed E-state index contributed by atoms with van der Waals surface area (Å²) in [6.45, 7) is 2.54. The topological polar surface area (TPSA) is 77.2 Å². The molecular formula is C19H18ClN3O3S. The van der Waals surface area contributed by atoms with Gasteiger partial charge in [0.15, 0.2) is 6.61 Å². The fourth-order valence-corrected chi connectivity index (χ4v) is 3.03. The second-order valence-corrected chi connectivity index (χ2v) is 7.06. The summed E-state index contributed by atoms with van der Waals surface area (Å²) in [5.41, 5.74) is 1.97. The first kappa shape index (κ1) is 19.3. The van der Waals surface area contributed by atoms with Crippen LogP contribution in [0.25, 0.3) is 0 Å². The van der Waals surface area contributed by atoms with Crippen molar-refractivity contribution < 1.29 is 13.9 Å². The Balaban J connectivity index is 1.42. The highest BCUT2D eigenvalue weighted by Crippen LogP contribution is 2.18. The van der Waals surface area contributed by atoms with E-state index in [1.807, 2.05) is 49.4 Å². The summed E-state index contributed by atoms with van der Waals surface area (Å²) in [6, 6.07) is 15.1. The molecule has 0 bridgehead atoms. The van der Waals surface area contributed by atoms with Crippen molar-refractivity contribution in [3.63, 3.8) is 0 Å². The van der Waals surface area contributed by atoms with Crippen LogP contribution in [0.1, 0.15) is 17.0 Å². The highest BCUT2D eigenvalue weighted by molar-refractivity contribution is 7.99. The van der Waals surface area contributed by atoms with Crippen molar-refractivity contribution in [2.24, 2.45) is 0 Å². The molecule has 2 aromatic carbocycles. The van der Waals surface area contributed by atoms with E-state index < -0.39 is 0 Å². The maximum Gasteiger partial charge on any atom is 0.277 e. The lowest BCUT2D eigenvalue weighted by atomic mass is 10.2. The van der Waals surface area contributed by atoms with Crippen LogP contribution >= 0.6 is 23.4 Å². The van der Waals surface area contributed by atoms with Crippen molar-refractivity contribution in [3.8, 4) is 5.75 Å². The van der Waals surface area contributed by atoms with Gasteiger partial charge in [0.25, 0.3) is 11.1 Å². The zero-order valence-corrected chi connectivity index (χ0v) is 16.2. The van der Waals surface area contributed by atoms with Crippen LogP contribution in [0.4, 0.5) is 0 Å². The van der Waals surface area contributed by atoms with Crippen molar-refractivity contribution in [3.05, 3.63) is 70.6 Å². The van der Waals surface area contributed by atoms with Crippen LogP contribution in [0.2, 0.25) is 5.02 Å². The number of aryl methyl sites for hydroxylation is 1. The Kier molecular flexibility index (Phi) is 6.73. The summed E-state index contributed by atoms with van der Waals surface area (Å²) in [6.07, 6.45) is 0. The first-order chi connectivity index (χ1) is 13.1. The lowest BCUT2D eigenvalue weighted by Gasteiger charge is -2.05. The second-order valence-electron chi connectivity index (χ2n) is 5.72. The Bertz CT molecular complexity index is 916. The van der Waals surface area contributed by atoms with E-state index in [1.165, 1.54) is 11.8 Å². The molecule has 1 amide bonds. The number of nitrogens with one attached hydrogen (secondary N) is 1. The van der Waals surface area contributed by atoms with E-state index in [9.17, 15) is 4.79 Å². The molecular weight excluding hydrogens is 386 g/mol. The van der Waals surface area contributed by atoms with Crippen molar-refractivity contribution in [2.45, 2.75) is 25.3 Å². The highest BCUT2D eigenvalue weighted by atomic mass is 35.5. The largest absolute Gasteiger partial charge is 0.484 e. The van der Waals surface area contributed by atoms with Gasteiger partial charge in [0, 0.05) is 11.6 Å². The number of carbonyl (C=O) groups is 1. The molecule has 0 saturated heterocycles. The Hall–Kier alpha value is -2.51. The number of thioether (sulfide) groups is 1. The number of nitrogens with zero attached hydrogens (tertiary/aromatic N) is 2. The van der Waals surface area contributed by atoms with Gasteiger partial charge in [-0.2, -0.15) is 0 Å². The minimum Gasteiger partial charge on any atom is -0.484 e. The van der Waals surface area contributed by atoms with Crippen LogP contribution in [0.3, 0.4) is 0 Å². The van der Waals surface area contributed by atoms with Crippen molar-refractivity contribution in [1.82, 2.24) is 15.5 Å².